The molecule has 1 saturated heterocycles. The van der Waals surface area contributed by atoms with Crippen LogP contribution in [0.2, 0.25) is 0 Å². The summed E-state index contributed by atoms with van der Waals surface area (Å²) < 4.78 is 39.9. The normalized spacial score (nSPS) is 16.6. The Balaban J connectivity index is 0.00000240. The first kappa shape index (κ1) is 21.1. The van der Waals surface area contributed by atoms with Gasteiger partial charge in [-0.3, -0.25) is 4.79 Å². The molecule has 0 bridgehead atoms. The predicted molar refractivity (Wildman–Crippen MR) is 107 cm³/mol. The SMILES string of the molecule is Cl.Cn1ccc2c(-c3ccc(C(F)(F)F)cc3)nnc(N[C@H]3CCNC3)c2c1=O. The smallest absolute Gasteiger partial charge is 0.364 e. The lowest BCUT2D eigenvalue weighted by Gasteiger charge is -2.15. The molecule has 0 unspecified atom stereocenters. The molecule has 3 heterocycles. The van der Waals surface area contributed by atoms with Crippen LogP contribution in [0.3, 0.4) is 0 Å². The highest BCUT2D eigenvalue weighted by atomic mass is 35.5. The first-order valence-corrected chi connectivity index (χ1v) is 8.85. The van der Waals surface area contributed by atoms with Gasteiger partial charge in [0.25, 0.3) is 5.56 Å². The second-order valence-electron chi connectivity index (χ2n) is 6.83. The molecule has 6 nitrogen and oxygen atoms in total. The minimum atomic E-state index is -4.41. The van der Waals surface area contributed by atoms with E-state index in [1.807, 2.05) is 0 Å². The molecule has 3 aromatic rings. The summed E-state index contributed by atoms with van der Waals surface area (Å²) in [6.07, 6.45) is -1.90. The summed E-state index contributed by atoms with van der Waals surface area (Å²) in [6.45, 7) is 1.64. The third-order valence-corrected chi connectivity index (χ3v) is 4.90. The molecular weight excluding hydrogens is 407 g/mol. The Kier molecular flexibility index (Phi) is 5.81. The molecule has 1 atom stereocenters. The number of pyridine rings is 1. The molecule has 4 rings (SSSR count). The highest BCUT2D eigenvalue weighted by molar-refractivity contribution is 5.99. The minimum Gasteiger partial charge on any atom is -0.364 e. The molecular formula is C19H19ClF3N5O. The van der Waals surface area contributed by atoms with Crippen LogP contribution < -0.4 is 16.2 Å². The van der Waals surface area contributed by atoms with Crippen LogP contribution in [-0.2, 0) is 13.2 Å². The number of fused-ring (bicyclic) bond motifs is 1. The van der Waals surface area contributed by atoms with Gasteiger partial charge in [0.15, 0.2) is 5.82 Å². The van der Waals surface area contributed by atoms with Crippen molar-refractivity contribution in [2.45, 2.75) is 18.6 Å². The van der Waals surface area contributed by atoms with Crippen molar-refractivity contribution in [3.8, 4) is 11.3 Å². The predicted octanol–water partition coefficient (Wildman–Crippen LogP) is 3.21. The fourth-order valence-corrected chi connectivity index (χ4v) is 3.36. The maximum Gasteiger partial charge on any atom is 0.416 e. The van der Waals surface area contributed by atoms with Gasteiger partial charge in [-0.1, -0.05) is 12.1 Å². The first-order valence-electron chi connectivity index (χ1n) is 8.85. The van der Waals surface area contributed by atoms with Gasteiger partial charge in [-0.15, -0.1) is 22.6 Å². The lowest BCUT2D eigenvalue weighted by Crippen LogP contribution is -2.25. The van der Waals surface area contributed by atoms with Crippen molar-refractivity contribution in [3.05, 3.63) is 52.4 Å². The largest absolute Gasteiger partial charge is 0.416 e. The second kappa shape index (κ2) is 8.00. The zero-order valence-electron chi connectivity index (χ0n) is 15.5. The number of alkyl halides is 3. The third kappa shape index (κ3) is 4.06. The fourth-order valence-electron chi connectivity index (χ4n) is 3.36. The van der Waals surface area contributed by atoms with Gasteiger partial charge in [0.05, 0.1) is 10.9 Å². The molecule has 1 fully saturated rings. The molecule has 10 heteroatoms. The number of nitrogens with zero attached hydrogens (tertiary/aromatic N) is 3. The van der Waals surface area contributed by atoms with E-state index in [9.17, 15) is 18.0 Å². The van der Waals surface area contributed by atoms with Crippen LogP contribution in [0.15, 0.2) is 41.3 Å². The van der Waals surface area contributed by atoms with Crippen LogP contribution in [0.1, 0.15) is 12.0 Å². The standard InChI is InChI=1S/C19H18F3N5O.ClH/c1-27-9-7-14-15(18(27)28)17(24-13-6-8-23-10-13)26-25-16(14)11-2-4-12(5-3-11)19(20,21)22;/h2-5,7,9,13,23H,6,8,10H2,1H3,(H,24,26);1H/t13-;/m0./s1. The number of anilines is 1. The van der Waals surface area contributed by atoms with Crippen molar-refractivity contribution in [2.75, 3.05) is 18.4 Å². The maximum atomic E-state index is 12.8. The monoisotopic (exact) mass is 425 g/mol. The topological polar surface area (TPSA) is 71.8 Å². The third-order valence-electron chi connectivity index (χ3n) is 4.90. The number of aryl methyl sites for hydroxylation is 1. The van der Waals surface area contributed by atoms with Crippen LogP contribution in [0, 0.1) is 0 Å². The lowest BCUT2D eigenvalue weighted by atomic mass is 10.0. The molecule has 0 amide bonds. The van der Waals surface area contributed by atoms with E-state index in [4.69, 9.17) is 0 Å². The van der Waals surface area contributed by atoms with E-state index >= 15 is 0 Å². The summed E-state index contributed by atoms with van der Waals surface area (Å²) in [6, 6.07) is 6.56. The van der Waals surface area contributed by atoms with Crippen molar-refractivity contribution in [1.29, 1.82) is 0 Å². The van der Waals surface area contributed by atoms with Gasteiger partial charge < -0.3 is 15.2 Å². The van der Waals surface area contributed by atoms with Crippen LogP contribution in [-0.4, -0.2) is 33.9 Å². The van der Waals surface area contributed by atoms with Gasteiger partial charge in [0, 0.05) is 36.8 Å². The number of hydrogen-bond acceptors (Lipinski definition) is 5. The Morgan fingerprint density at radius 3 is 2.52 bits per heavy atom. The van der Waals surface area contributed by atoms with Crippen molar-refractivity contribution >= 4 is 29.0 Å². The Hall–Kier alpha value is -2.65. The molecule has 1 aromatic carbocycles. The summed E-state index contributed by atoms with van der Waals surface area (Å²) in [7, 11) is 1.64. The molecule has 29 heavy (non-hydrogen) atoms. The van der Waals surface area contributed by atoms with Crippen LogP contribution >= 0.6 is 12.4 Å². The van der Waals surface area contributed by atoms with Crippen molar-refractivity contribution in [3.63, 3.8) is 0 Å². The van der Waals surface area contributed by atoms with Crippen LogP contribution in [0.4, 0.5) is 19.0 Å². The number of benzene rings is 1. The van der Waals surface area contributed by atoms with E-state index in [0.29, 0.717) is 27.8 Å². The van der Waals surface area contributed by atoms with Crippen LogP contribution in [0.25, 0.3) is 22.0 Å². The highest BCUT2D eigenvalue weighted by Gasteiger charge is 2.30. The summed E-state index contributed by atoms with van der Waals surface area (Å²) in [5.74, 6) is 0.389. The van der Waals surface area contributed by atoms with Crippen molar-refractivity contribution < 1.29 is 13.2 Å². The number of aromatic nitrogens is 3. The Bertz CT molecular complexity index is 1080. The fraction of sp³-hybridized carbons (Fsp3) is 0.316. The number of nitrogens with one attached hydrogen (secondary N) is 2. The van der Waals surface area contributed by atoms with Crippen molar-refractivity contribution in [1.82, 2.24) is 20.1 Å². The quantitative estimate of drug-likeness (QED) is 0.674. The van der Waals surface area contributed by atoms with Crippen LogP contribution in [0.5, 0.6) is 0 Å². The molecule has 0 saturated carbocycles. The number of halogens is 4. The zero-order chi connectivity index (χ0) is 19.9. The molecule has 0 aliphatic carbocycles. The average Bonchev–Trinajstić information content (AvgIpc) is 3.17. The Labute approximate surface area is 170 Å². The van der Waals surface area contributed by atoms with Gasteiger partial charge in [0.2, 0.25) is 0 Å². The van der Waals surface area contributed by atoms with E-state index < -0.39 is 11.7 Å². The van der Waals surface area contributed by atoms with E-state index in [1.54, 1.807) is 19.3 Å². The van der Waals surface area contributed by atoms with E-state index in [0.717, 1.165) is 31.6 Å². The second-order valence-corrected chi connectivity index (χ2v) is 6.83. The molecule has 0 radical (unpaired) electrons. The van der Waals surface area contributed by atoms with E-state index in [2.05, 4.69) is 20.8 Å². The molecule has 1 aliphatic heterocycles. The average molecular weight is 426 g/mol. The van der Waals surface area contributed by atoms with Gasteiger partial charge in [-0.05, 0) is 31.2 Å². The Morgan fingerprint density at radius 1 is 1.17 bits per heavy atom. The Morgan fingerprint density at radius 2 is 1.90 bits per heavy atom. The molecule has 0 spiro atoms. The first-order chi connectivity index (χ1) is 13.3. The summed E-state index contributed by atoms with van der Waals surface area (Å²) in [5.41, 5.74) is -0.144. The van der Waals surface area contributed by atoms with E-state index in [-0.39, 0.29) is 24.0 Å². The highest BCUT2D eigenvalue weighted by Crippen LogP contribution is 2.32. The minimum absolute atomic E-state index is 0. The molecule has 154 valence electrons. The van der Waals surface area contributed by atoms with Gasteiger partial charge in [0.1, 0.15) is 5.69 Å². The molecule has 1 aliphatic rings. The number of hydrogen-bond donors (Lipinski definition) is 2. The summed E-state index contributed by atoms with van der Waals surface area (Å²) in [4.78, 5) is 12.8. The van der Waals surface area contributed by atoms with Gasteiger partial charge in [-0.25, -0.2) is 0 Å². The summed E-state index contributed by atoms with van der Waals surface area (Å²) >= 11 is 0. The molecule has 2 N–H and O–H groups in total. The van der Waals surface area contributed by atoms with E-state index in [1.165, 1.54) is 16.7 Å². The maximum absolute atomic E-state index is 12.8. The zero-order valence-corrected chi connectivity index (χ0v) is 16.3. The van der Waals surface area contributed by atoms with Gasteiger partial charge >= 0.3 is 6.18 Å². The summed E-state index contributed by atoms with van der Waals surface area (Å²) in [5, 5.41) is 15.8. The van der Waals surface area contributed by atoms with Crippen molar-refractivity contribution in [2.24, 2.45) is 7.05 Å². The number of rotatable bonds is 3. The van der Waals surface area contributed by atoms with Gasteiger partial charge in [-0.2, -0.15) is 13.2 Å². The lowest BCUT2D eigenvalue weighted by molar-refractivity contribution is -0.137. The molecule has 2 aromatic heterocycles.